The molecular weight excluding hydrogens is 368 g/mol. The summed E-state index contributed by atoms with van der Waals surface area (Å²) in [6.45, 7) is 5.90. The van der Waals surface area contributed by atoms with E-state index in [0.717, 1.165) is 11.3 Å². The number of nitrogens with zero attached hydrogens (tertiary/aromatic N) is 1. The maximum absolute atomic E-state index is 12.7. The van der Waals surface area contributed by atoms with Crippen LogP contribution < -0.4 is 5.32 Å². The monoisotopic (exact) mass is 394 g/mol. The maximum atomic E-state index is 12.7. The molecule has 1 N–H and O–H groups in total. The van der Waals surface area contributed by atoms with Crippen LogP contribution in [-0.4, -0.2) is 52.7 Å². The fourth-order valence-corrected chi connectivity index (χ4v) is 3.38. The van der Waals surface area contributed by atoms with Gasteiger partial charge in [0.25, 0.3) is 0 Å². The normalized spacial score (nSPS) is 15.1. The smallest absolute Gasteiger partial charge is 0.408 e. The molecule has 0 spiro atoms. The Labute approximate surface area is 163 Å². The summed E-state index contributed by atoms with van der Waals surface area (Å²) in [4.78, 5) is 38.6. The summed E-state index contributed by atoms with van der Waals surface area (Å²) in [6, 6.07) is 8.25. The number of ether oxygens (including phenoxy) is 2. The molecule has 7 nitrogen and oxygen atoms in total. The lowest BCUT2D eigenvalue weighted by molar-refractivity contribution is -0.148. The zero-order valence-electron chi connectivity index (χ0n) is 15.9. The average molecular weight is 394 g/mol. The standard InChI is InChI=1S/C19H26N2O5S/c1-19(2,3)26-18(24)20-15(17(23)21-9-10-27-13-21)11-16(22)25-12-14-7-5-4-6-8-14/h4-8,15H,9-13H2,1-3H3,(H,20,24)/t15-/m0/s1. The molecule has 1 aliphatic heterocycles. The van der Waals surface area contributed by atoms with Gasteiger partial charge in [-0.1, -0.05) is 30.3 Å². The fourth-order valence-electron chi connectivity index (χ4n) is 2.42. The highest BCUT2D eigenvalue weighted by Crippen LogP contribution is 2.16. The van der Waals surface area contributed by atoms with Gasteiger partial charge in [-0.05, 0) is 26.3 Å². The molecule has 0 aliphatic carbocycles. The molecule has 1 atom stereocenters. The minimum atomic E-state index is -1.01. The molecule has 1 fully saturated rings. The van der Waals surface area contributed by atoms with E-state index in [1.54, 1.807) is 37.4 Å². The van der Waals surface area contributed by atoms with E-state index in [-0.39, 0.29) is 18.9 Å². The average Bonchev–Trinajstić information content (AvgIpc) is 3.12. The highest BCUT2D eigenvalue weighted by Gasteiger charge is 2.31. The molecule has 1 saturated heterocycles. The first kappa shape index (κ1) is 21.1. The van der Waals surface area contributed by atoms with Gasteiger partial charge in [-0.3, -0.25) is 9.59 Å². The molecule has 1 aromatic carbocycles. The van der Waals surface area contributed by atoms with E-state index in [4.69, 9.17) is 9.47 Å². The number of benzene rings is 1. The van der Waals surface area contributed by atoms with Gasteiger partial charge in [-0.2, -0.15) is 0 Å². The zero-order chi connectivity index (χ0) is 19.9. The zero-order valence-corrected chi connectivity index (χ0v) is 16.7. The second-order valence-electron chi connectivity index (χ2n) is 7.19. The van der Waals surface area contributed by atoms with Gasteiger partial charge < -0.3 is 19.7 Å². The van der Waals surface area contributed by atoms with Gasteiger partial charge in [0.2, 0.25) is 5.91 Å². The van der Waals surface area contributed by atoms with E-state index in [1.165, 1.54) is 0 Å². The quantitative estimate of drug-likeness (QED) is 0.747. The number of rotatable bonds is 6. The molecule has 0 radical (unpaired) electrons. The number of nitrogens with one attached hydrogen (secondary N) is 1. The van der Waals surface area contributed by atoms with Crippen LogP contribution in [0.5, 0.6) is 0 Å². The van der Waals surface area contributed by atoms with Crippen molar-refractivity contribution >= 4 is 29.7 Å². The second-order valence-corrected chi connectivity index (χ2v) is 8.26. The van der Waals surface area contributed by atoms with Crippen LogP contribution >= 0.6 is 11.8 Å². The second kappa shape index (κ2) is 9.64. The first-order valence-electron chi connectivity index (χ1n) is 8.80. The summed E-state index contributed by atoms with van der Waals surface area (Å²) >= 11 is 1.63. The predicted octanol–water partition coefficient (Wildman–Crippen LogP) is 2.55. The lowest BCUT2D eigenvalue weighted by Crippen LogP contribution is -2.50. The van der Waals surface area contributed by atoms with Crippen LogP contribution in [0.4, 0.5) is 4.79 Å². The summed E-state index contributed by atoms with van der Waals surface area (Å²) in [5, 5.41) is 2.52. The molecule has 8 heteroatoms. The van der Waals surface area contributed by atoms with E-state index >= 15 is 0 Å². The number of hydrogen-bond donors (Lipinski definition) is 1. The largest absolute Gasteiger partial charge is 0.461 e. The Bertz CT molecular complexity index is 654. The van der Waals surface area contributed by atoms with Crippen LogP contribution in [0.3, 0.4) is 0 Å². The third-order valence-corrected chi connectivity index (χ3v) is 4.63. The third kappa shape index (κ3) is 7.50. The van der Waals surface area contributed by atoms with E-state index in [2.05, 4.69) is 5.32 Å². The molecule has 1 aliphatic rings. The maximum Gasteiger partial charge on any atom is 0.408 e. The van der Waals surface area contributed by atoms with Gasteiger partial charge >= 0.3 is 12.1 Å². The van der Waals surface area contributed by atoms with Crippen LogP contribution in [0.1, 0.15) is 32.8 Å². The number of amides is 2. The summed E-state index contributed by atoms with van der Waals surface area (Å²) in [5.41, 5.74) is 0.152. The van der Waals surface area contributed by atoms with Crippen molar-refractivity contribution in [2.24, 2.45) is 0 Å². The molecule has 0 aromatic heterocycles. The predicted molar refractivity (Wildman–Crippen MR) is 103 cm³/mol. The van der Waals surface area contributed by atoms with Crippen LogP contribution in [-0.2, 0) is 25.7 Å². The molecule has 2 amide bonds. The molecule has 1 aromatic rings. The molecule has 0 bridgehead atoms. The molecule has 0 saturated carbocycles. The Balaban J connectivity index is 1.96. The fraction of sp³-hybridized carbons (Fsp3) is 0.526. The molecule has 0 unspecified atom stereocenters. The Morgan fingerprint density at radius 1 is 1.22 bits per heavy atom. The SMILES string of the molecule is CC(C)(C)OC(=O)N[C@@H](CC(=O)OCc1ccccc1)C(=O)N1CCSC1. The topological polar surface area (TPSA) is 84.9 Å². The van der Waals surface area contributed by atoms with Crippen molar-refractivity contribution < 1.29 is 23.9 Å². The van der Waals surface area contributed by atoms with Gasteiger partial charge in [-0.15, -0.1) is 11.8 Å². The number of hydrogen-bond acceptors (Lipinski definition) is 6. The van der Waals surface area contributed by atoms with Crippen LogP contribution in [0.15, 0.2) is 30.3 Å². The molecule has 27 heavy (non-hydrogen) atoms. The Kier molecular flexibility index (Phi) is 7.53. The van der Waals surface area contributed by atoms with Crippen LogP contribution in [0, 0.1) is 0 Å². The highest BCUT2D eigenvalue weighted by atomic mass is 32.2. The number of carbonyl (C=O) groups is 3. The van der Waals surface area contributed by atoms with E-state index < -0.39 is 23.7 Å². The number of carbonyl (C=O) groups excluding carboxylic acids is 3. The lowest BCUT2D eigenvalue weighted by Gasteiger charge is -2.25. The van der Waals surface area contributed by atoms with Crippen molar-refractivity contribution in [3.05, 3.63) is 35.9 Å². The van der Waals surface area contributed by atoms with Crippen molar-refractivity contribution in [3.8, 4) is 0 Å². The van der Waals surface area contributed by atoms with Gasteiger partial charge in [0, 0.05) is 12.3 Å². The van der Waals surface area contributed by atoms with Gasteiger partial charge in [-0.25, -0.2) is 4.79 Å². The molecule has 1 heterocycles. The summed E-state index contributed by atoms with van der Waals surface area (Å²) in [5.74, 6) is 0.524. The van der Waals surface area contributed by atoms with Gasteiger partial charge in [0.05, 0.1) is 12.3 Å². The molecule has 148 valence electrons. The Morgan fingerprint density at radius 2 is 1.93 bits per heavy atom. The number of thioether (sulfide) groups is 1. The minimum Gasteiger partial charge on any atom is -0.461 e. The van der Waals surface area contributed by atoms with Crippen molar-refractivity contribution in [2.45, 2.75) is 45.4 Å². The van der Waals surface area contributed by atoms with E-state index in [0.29, 0.717) is 12.4 Å². The van der Waals surface area contributed by atoms with E-state index in [9.17, 15) is 14.4 Å². The van der Waals surface area contributed by atoms with Crippen molar-refractivity contribution in [1.29, 1.82) is 0 Å². The Morgan fingerprint density at radius 3 is 2.52 bits per heavy atom. The minimum absolute atomic E-state index is 0.118. The van der Waals surface area contributed by atoms with Crippen LogP contribution in [0.2, 0.25) is 0 Å². The molecule has 2 rings (SSSR count). The third-order valence-electron chi connectivity index (χ3n) is 3.67. The number of alkyl carbamates (subject to hydrolysis) is 1. The summed E-state index contributed by atoms with van der Waals surface area (Å²) < 4.78 is 10.5. The lowest BCUT2D eigenvalue weighted by atomic mass is 10.1. The van der Waals surface area contributed by atoms with Crippen molar-refractivity contribution in [1.82, 2.24) is 10.2 Å². The van der Waals surface area contributed by atoms with Gasteiger partial charge in [0.15, 0.2) is 0 Å². The van der Waals surface area contributed by atoms with Crippen molar-refractivity contribution in [3.63, 3.8) is 0 Å². The van der Waals surface area contributed by atoms with Crippen LogP contribution in [0.25, 0.3) is 0 Å². The first-order chi connectivity index (χ1) is 12.7. The van der Waals surface area contributed by atoms with Crippen molar-refractivity contribution in [2.75, 3.05) is 18.2 Å². The van der Waals surface area contributed by atoms with E-state index in [1.807, 2.05) is 30.3 Å². The first-order valence-corrected chi connectivity index (χ1v) is 9.95. The summed E-state index contributed by atoms with van der Waals surface area (Å²) in [6.07, 6.45) is -0.977. The summed E-state index contributed by atoms with van der Waals surface area (Å²) in [7, 11) is 0. The highest BCUT2D eigenvalue weighted by molar-refractivity contribution is 7.99. The Hall–Kier alpha value is -2.22. The molecular formula is C19H26N2O5S. The number of esters is 1. The van der Waals surface area contributed by atoms with Gasteiger partial charge in [0.1, 0.15) is 18.2 Å².